The molecule has 2 atom stereocenters. The van der Waals surface area contributed by atoms with Crippen molar-refractivity contribution in [3.8, 4) is 0 Å². The van der Waals surface area contributed by atoms with Gasteiger partial charge >= 0.3 is 5.97 Å². The van der Waals surface area contributed by atoms with Crippen LogP contribution in [0.1, 0.15) is 49.0 Å². The van der Waals surface area contributed by atoms with E-state index in [4.69, 9.17) is 4.74 Å². The minimum absolute atomic E-state index is 0.333. The predicted octanol–water partition coefficient (Wildman–Crippen LogP) is 5.11. The summed E-state index contributed by atoms with van der Waals surface area (Å²) in [4.78, 5) is 25.7. The number of esters is 1. The predicted molar refractivity (Wildman–Crippen MR) is 107 cm³/mol. The van der Waals surface area contributed by atoms with Gasteiger partial charge in [-0.2, -0.15) is 0 Å². The lowest BCUT2D eigenvalue weighted by Gasteiger charge is -2.18. The molecule has 0 aliphatic carbocycles. The molecule has 0 saturated heterocycles. The van der Waals surface area contributed by atoms with Crippen LogP contribution in [0.25, 0.3) is 0 Å². The largest absolute Gasteiger partial charge is 0.449 e. The molecule has 1 N–H and O–H groups in total. The van der Waals surface area contributed by atoms with E-state index < -0.39 is 12.1 Å². The number of rotatable bonds is 7. The van der Waals surface area contributed by atoms with E-state index in [9.17, 15) is 9.59 Å². The number of thioether (sulfide) groups is 1. The summed E-state index contributed by atoms with van der Waals surface area (Å²) in [5.74, 6) is -0.510. The fraction of sp³-hybridized carbons (Fsp3) is 0.333. The molecule has 2 aromatic rings. The number of nitrogens with one attached hydrogen (secondary N) is 1. The number of para-hydroxylation sites is 1. The highest BCUT2D eigenvalue weighted by Crippen LogP contribution is 2.26. The van der Waals surface area contributed by atoms with Crippen molar-refractivity contribution >= 4 is 29.3 Å². The molecule has 0 aliphatic heterocycles. The molecule has 0 bridgehead atoms. The number of hydrogen-bond donors (Lipinski definition) is 1. The van der Waals surface area contributed by atoms with Crippen molar-refractivity contribution in [2.75, 3.05) is 11.6 Å². The highest BCUT2D eigenvalue weighted by Gasteiger charge is 2.20. The molecule has 4 nitrogen and oxygen atoms in total. The van der Waals surface area contributed by atoms with E-state index in [-0.39, 0.29) is 5.91 Å². The molecule has 0 heterocycles. The summed E-state index contributed by atoms with van der Waals surface area (Å²) in [5.41, 5.74) is 2.27. The third-order valence-electron chi connectivity index (χ3n) is 4.34. The Labute approximate surface area is 159 Å². The van der Waals surface area contributed by atoms with E-state index in [1.807, 2.05) is 42.7 Å². The fourth-order valence-corrected chi connectivity index (χ4v) is 2.91. The van der Waals surface area contributed by atoms with Gasteiger partial charge in [-0.25, -0.2) is 4.79 Å². The fourth-order valence-electron chi connectivity index (χ4n) is 2.50. The Morgan fingerprint density at radius 2 is 1.73 bits per heavy atom. The van der Waals surface area contributed by atoms with Gasteiger partial charge in [0.1, 0.15) is 0 Å². The zero-order valence-corrected chi connectivity index (χ0v) is 16.4. The molecule has 0 unspecified atom stereocenters. The minimum atomic E-state index is -0.882. The Balaban J connectivity index is 2.02. The first-order chi connectivity index (χ1) is 12.5. The summed E-state index contributed by atoms with van der Waals surface area (Å²) in [7, 11) is 0. The van der Waals surface area contributed by atoms with Crippen molar-refractivity contribution in [2.24, 2.45) is 0 Å². The topological polar surface area (TPSA) is 55.4 Å². The average molecular weight is 372 g/mol. The summed E-state index contributed by atoms with van der Waals surface area (Å²) in [6.45, 7) is 5.80. The van der Waals surface area contributed by atoms with Gasteiger partial charge in [-0.1, -0.05) is 32.0 Å². The molecule has 0 aliphatic rings. The number of amides is 1. The van der Waals surface area contributed by atoms with Crippen molar-refractivity contribution in [3.63, 3.8) is 0 Å². The normalized spacial score (nSPS) is 12.9. The van der Waals surface area contributed by atoms with E-state index in [0.717, 1.165) is 22.6 Å². The summed E-state index contributed by atoms with van der Waals surface area (Å²) in [5, 5.41) is 2.88. The molecule has 5 heteroatoms. The van der Waals surface area contributed by atoms with Crippen LogP contribution in [0.15, 0.2) is 53.4 Å². The van der Waals surface area contributed by atoms with Gasteiger partial charge in [0, 0.05) is 10.6 Å². The van der Waals surface area contributed by atoms with Crippen LogP contribution >= 0.6 is 11.8 Å². The van der Waals surface area contributed by atoms with Crippen LogP contribution in [0.5, 0.6) is 0 Å². The summed E-state index contributed by atoms with van der Waals surface area (Å²) >= 11 is 1.60. The van der Waals surface area contributed by atoms with Gasteiger partial charge in [0.15, 0.2) is 6.10 Å². The third kappa shape index (κ3) is 5.11. The van der Waals surface area contributed by atoms with Gasteiger partial charge in [0.05, 0.1) is 5.56 Å². The van der Waals surface area contributed by atoms with Gasteiger partial charge in [0.2, 0.25) is 0 Å². The van der Waals surface area contributed by atoms with E-state index in [2.05, 4.69) is 19.2 Å². The zero-order valence-electron chi connectivity index (χ0n) is 15.6. The second kappa shape index (κ2) is 9.43. The maximum atomic E-state index is 12.5. The Morgan fingerprint density at radius 3 is 2.35 bits per heavy atom. The highest BCUT2D eigenvalue weighted by molar-refractivity contribution is 7.98. The summed E-state index contributed by atoms with van der Waals surface area (Å²) in [6.07, 6.45) is 2.06. The number of ether oxygens (including phenoxy) is 1. The van der Waals surface area contributed by atoms with Crippen LogP contribution in [0.2, 0.25) is 0 Å². The Morgan fingerprint density at radius 1 is 1.08 bits per heavy atom. The number of benzene rings is 2. The van der Waals surface area contributed by atoms with Gasteiger partial charge in [0.25, 0.3) is 5.91 Å². The van der Waals surface area contributed by atoms with Gasteiger partial charge in [-0.3, -0.25) is 4.79 Å². The molecule has 138 valence electrons. The van der Waals surface area contributed by atoms with Crippen LogP contribution in [0.3, 0.4) is 0 Å². The van der Waals surface area contributed by atoms with Crippen molar-refractivity contribution in [1.29, 1.82) is 0 Å². The van der Waals surface area contributed by atoms with Crippen LogP contribution in [-0.4, -0.2) is 24.2 Å². The first-order valence-corrected chi connectivity index (χ1v) is 9.93. The van der Waals surface area contributed by atoms with E-state index in [1.165, 1.54) is 0 Å². The number of hydrogen-bond acceptors (Lipinski definition) is 4. The second-order valence-electron chi connectivity index (χ2n) is 6.16. The summed E-state index contributed by atoms with van der Waals surface area (Å²) in [6, 6.07) is 14.8. The molecule has 0 spiro atoms. The van der Waals surface area contributed by atoms with Crippen molar-refractivity contribution < 1.29 is 14.3 Å². The van der Waals surface area contributed by atoms with E-state index >= 15 is 0 Å². The van der Waals surface area contributed by atoms with Crippen LogP contribution in [0, 0.1) is 0 Å². The van der Waals surface area contributed by atoms with Gasteiger partial charge in [-0.05, 0) is 61.4 Å². The summed E-state index contributed by atoms with van der Waals surface area (Å²) < 4.78 is 5.31. The highest BCUT2D eigenvalue weighted by atomic mass is 32.2. The second-order valence-corrected chi connectivity index (χ2v) is 7.04. The van der Waals surface area contributed by atoms with Crippen LogP contribution in [-0.2, 0) is 9.53 Å². The first-order valence-electron chi connectivity index (χ1n) is 8.71. The molecule has 2 rings (SSSR count). The minimum Gasteiger partial charge on any atom is -0.449 e. The number of anilines is 1. The smallest absolute Gasteiger partial charge is 0.338 e. The van der Waals surface area contributed by atoms with Crippen molar-refractivity contribution in [2.45, 2.75) is 44.1 Å². The van der Waals surface area contributed by atoms with E-state index in [1.54, 1.807) is 30.8 Å². The molecule has 0 fully saturated rings. The SMILES string of the molecule is CC[C@@H](C)c1ccccc1NC(=O)[C@H](C)OC(=O)c1ccc(SC)cc1. The maximum Gasteiger partial charge on any atom is 0.338 e. The van der Waals surface area contributed by atoms with Gasteiger partial charge in [-0.15, -0.1) is 11.8 Å². The molecular formula is C21H25NO3S. The Bertz CT molecular complexity index is 758. The average Bonchev–Trinajstić information content (AvgIpc) is 2.67. The molecule has 2 aromatic carbocycles. The number of carbonyl (C=O) groups is 2. The lowest BCUT2D eigenvalue weighted by atomic mass is 9.97. The molecule has 1 amide bonds. The quantitative estimate of drug-likeness (QED) is 0.543. The van der Waals surface area contributed by atoms with Crippen LogP contribution < -0.4 is 5.32 Å². The third-order valence-corrected chi connectivity index (χ3v) is 5.08. The van der Waals surface area contributed by atoms with E-state index in [0.29, 0.717) is 11.5 Å². The first kappa shape index (κ1) is 20.0. The zero-order chi connectivity index (χ0) is 19.1. The Hall–Kier alpha value is -2.27. The molecular weight excluding hydrogens is 346 g/mol. The molecule has 0 saturated carbocycles. The number of carbonyl (C=O) groups excluding carboxylic acids is 2. The standard InChI is InChI=1S/C21H25NO3S/c1-5-14(2)18-8-6-7-9-19(18)22-20(23)15(3)25-21(24)16-10-12-17(26-4)13-11-16/h6-15H,5H2,1-4H3,(H,22,23)/t14-,15+/m1/s1. The lowest BCUT2D eigenvalue weighted by molar-refractivity contribution is -0.123. The van der Waals surface area contributed by atoms with Gasteiger partial charge < -0.3 is 10.1 Å². The van der Waals surface area contributed by atoms with Crippen LogP contribution in [0.4, 0.5) is 5.69 Å². The van der Waals surface area contributed by atoms with Crippen molar-refractivity contribution in [3.05, 3.63) is 59.7 Å². The monoisotopic (exact) mass is 371 g/mol. The molecule has 0 radical (unpaired) electrons. The molecule has 0 aromatic heterocycles. The molecule has 26 heavy (non-hydrogen) atoms. The van der Waals surface area contributed by atoms with Crippen molar-refractivity contribution in [1.82, 2.24) is 0 Å². The lowest BCUT2D eigenvalue weighted by Crippen LogP contribution is -2.30. The Kier molecular flexibility index (Phi) is 7.27. The maximum absolute atomic E-state index is 12.5.